The third-order valence-corrected chi connectivity index (χ3v) is 3.58. The van der Waals surface area contributed by atoms with E-state index in [1.54, 1.807) is 12.1 Å². The zero-order valence-corrected chi connectivity index (χ0v) is 11.0. The highest BCUT2D eigenvalue weighted by molar-refractivity contribution is 5.42. The van der Waals surface area contributed by atoms with Crippen LogP contribution in [0, 0.1) is 0 Å². The van der Waals surface area contributed by atoms with Gasteiger partial charge in [0.2, 0.25) is 0 Å². The molecule has 0 saturated heterocycles. The van der Waals surface area contributed by atoms with E-state index in [-0.39, 0.29) is 0 Å². The second kappa shape index (κ2) is 5.07. The molecule has 1 N–H and O–H groups in total. The Morgan fingerprint density at radius 1 is 1.00 bits per heavy atom. The largest absolute Gasteiger partial charge is 0.493 e. The molecule has 1 unspecified atom stereocenters. The van der Waals surface area contributed by atoms with Crippen molar-refractivity contribution in [3.63, 3.8) is 0 Å². The molecule has 3 rings (SSSR count). The molecule has 0 amide bonds. The summed E-state index contributed by atoms with van der Waals surface area (Å²) in [5.74, 6) is 0.804. The van der Waals surface area contributed by atoms with Crippen molar-refractivity contribution in [2.24, 2.45) is 0 Å². The Balaban J connectivity index is 1.86. The summed E-state index contributed by atoms with van der Waals surface area (Å²) < 4.78 is 42.9. The topological polar surface area (TPSA) is 29.5 Å². The molecule has 2 aromatic rings. The second-order valence-electron chi connectivity index (χ2n) is 4.99. The fourth-order valence-electron chi connectivity index (χ4n) is 2.42. The van der Waals surface area contributed by atoms with Crippen molar-refractivity contribution in [1.29, 1.82) is 0 Å². The number of aliphatic hydroxyl groups excluding tert-OH is 1. The molecule has 0 fully saturated rings. The minimum absolute atomic E-state index is 0.432. The van der Waals surface area contributed by atoms with Crippen molar-refractivity contribution in [2.45, 2.75) is 18.7 Å². The third kappa shape index (κ3) is 2.74. The molecule has 0 spiro atoms. The number of alkyl halides is 3. The van der Waals surface area contributed by atoms with Gasteiger partial charge in [-0.05, 0) is 41.0 Å². The van der Waals surface area contributed by atoms with Gasteiger partial charge >= 0.3 is 6.18 Å². The summed E-state index contributed by atoms with van der Waals surface area (Å²) in [6.07, 6.45) is -4.53. The number of hydrogen-bond acceptors (Lipinski definition) is 2. The zero-order valence-electron chi connectivity index (χ0n) is 11.0. The summed E-state index contributed by atoms with van der Waals surface area (Å²) in [7, 11) is 0. The highest BCUT2D eigenvalue weighted by Gasteiger charge is 2.30. The van der Waals surface area contributed by atoms with Crippen LogP contribution in [0.15, 0.2) is 42.5 Å². The summed E-state index contributed by atoms with van der Waals surface area (Å²) >= 11 is 0. The Hall–Kier alpha value is -2.01. The Labute approximate surface area is 119 Å². The molecule has 0 saturated carbocycles. The van der Waals surface area contributed by atoms with Crippen molar-refractivity contribution in [1.82, 2.24) is 0 Å². The van der Waals surface area contributed by atoms with Crippen LogP contribution in [0.2, 0.25) is 0 Å². The van der Waals surface area contributed by atoms with Crippen LogP contribution in [0.3, 0.4) is 0 Å². The van der Waals surface area contributed by atoms with E-state index >= 15 is 0 Å². The second-order valence-corrected chi connectivity index (χ2v) is 4.99. The van der Waals surface area contributed by atoms with Gasteiger partial charge < -0.3 is 9.84 Å². The Morgan fingerprint density at radius 3 is 2.33 bits per heavy atom. The smallest absolute Gasteiger partial charge is 0.416 e. The molecule has 0 radical (unpaired) electrons. The molecule has 0 bridgehead atoms. The maximum absolute atomic E-state index is 12.5. The van der Waals surface area contributed by atoms with Crippen LogP contribution in [0.1, 0.15) is 28.4 Å². The summed E-state index contributed by atoms with van der Waals surface area (Å²) in [5, 5.41) is 10.3. The predicted octanol–water partition coefficient (Wildman–Crippen LogP) is 3.72. The Bertz CT molecular complexity index is 648. The van der Waals surface area contributed by atoms with E-state index in [4.69, 9.17) is 4.74 Å². The fraction of sp³-hybridized carbons (Fsp3) is 0.250. The molecule has 0 aromatic heterocycles. The van der Waals surface area contributed by atoms with Crippen LogP contribution in [-0.2, 0) is 12.6 Å². The lowest BCUT2D eigenvalue weighted by atomic mass is 9.98. The van der Waals surface area contributed by atoms with E-state index in [9.17, 15) is 18.3 Å². The van der Waals surface area contributed by atoms with Crippen molar-refractivity contribution < 1.29 is 23.0 Å². The first kappa shape index (κ1) is 13.9. The minimum Gasteiger partial charge on any atom is -0.493 e. The van der Waals surface area contributed by atoms with Gasteiger partial charge in [0.05, 0.1) is 12.2 Å². The van der Waals surface area contributed by atoms with E-state index in [1.807, 2.05) is 6.07 Å². The van der Waals surface area contributed by atoms with Gasteiger partial charge in [-0.25, -0.2) is 0 Å². The molecule has 1 aliphatic heterocycles. The van der Waals surface area contributed by atoms with Crippen LogP contribution in [-0.4, -0.2) is 11.7 Å². The maximum Gasteiger partial charge on any atom is 0.416 e. The van der Waals surface area contributed by atoms with Gasteiger partial charge in [0, 0.05) is 6.42 Å². The molecule has 1 heterocycles. The lowest BCUT2D eigenvalue weighted by molar-refractivity contribution is -0.137. The first-order valence-electron chi connectivity index (χ1n) is 6.56. The quantitative estimate of drug-likeness (QED) is 0.914. The molecule has 1 aliphatic rings. The van der Waals surface area contributed by atoms with Crippen molar-refractivity contribution in [3.05, 3.63) is 64.7 Å². The maximum atomic E-state index is 12.5. The van der Waals surface area contributed by atoms with Crippen LogP contribution >= 0.6 is 0 Å². The molecule has 21 heavy (non-hydrogen) atoms. The zero-order chi connectivity index (χ0) is 15.0. The molecule has 2 aromatic carbocycles. The number of aliphatic hydroxyl groups is 1. The summed E-state index contributed by atoms with van der Waals surface area (Å²) in [4.78, 5) is 0. The van der Waals surface area contributed by atoms with E-state index in [0.29, 0.717) is 17.7 Å². The number of fused-ring (bicyclic) bond motifs is 1. The molecule has 1 atom stereocenters. The normalized spacial score (nSPS) is 15.4. The van der Waals surface area contributed by atoms with Crippen LogP contribution in [0.5, 0.6) is 5.75 Å². The van der Waals surface area contributed by atoms with Gasteiger partial charge in [-0.1, -0.05) is 18.2 Å². The van der Waals surface area contributed by atoms with Gasteiger partial charge in [-0.15, -0.1) is 0 Å². The van der Waals surface area contributed by atoms with Crippen LogP contribution in [0.25, 0.3) is 0 Å². The lowest BCUT2D eigenvalue weighted by Crippen LogP contribution is -2.06. The average molecular weight is 294 g/mol. The summed E-state index contributed by atoms with van der Waals surface area (Å²) in [5.41, 5.74) is 1.38. The monoisotopic (exact) mass is 294 g/mol. The summed E-state index contributed by atoms with van der Waals surface area (Å²) in [6.45, 7) is 0.620. The van der Waals surface area contributed by atoms with Gasteiger partial charge in [0.15, 0.2) is 0 Å². The Kier molecular flexibility index (Phi) is 3.37. The first-order chi connectivity index (χ1) is 9.95. The van der Waals surface area contributed by atoms with Crippen molar-refractivity contribution in [2.75, 3.05) is 6.61 Å². The van der Waals surface area contributed by atoms with Crippen LogP contribution < -0.4 is 4.74 Å². The minimum atomic E-state index is -4.37. The number of ether oxygens (including phenoxy) is 1. The lowest BCUT2D eigenvalue weighted by Gasteiger charge is -2.14. The van der Waals surface area contributed by atoms with Crippen LogP contribution in [0.4, 0.5) is 13.2 Å². The highest BCUT2D eigenvalue weighted by Crippen LogP contribution is 2.33. The summed E-state index contributed by atoms with van der Waals surface area (Å²) in [6, 6.07) is 9.92. The molecule has 110 valence electrons. The van der Waals surface area contributed by atoms with E-state index < -0.39 is 17.8 Å². The standard InChI is InChI=1S/C16H13F3O2/c17-16(18,19)13-4-1-10(2-5-13)15(20)12-3-6-14-11(9-12)7-8-21-14/h1-6,9,15,20H,7-8H2. The first-order valence-corrected chi connectivity index (χ1v) is 6.56. The molecular weight excluding hydrogens is 281 g/mol. The number of halogens is 3. The highest BCUT2D eigenvalue weighted by atomic mass is 19.4. The van der Waals surface area contributed by atoms with E-state index in [0.717, 1.165) is 29.9 Å². The fourth-order valence-corrected chi connectivity index (χ4v) is 2.42. The Morgan fingerprint density at radius 2 is 1.67 bits per heavy atom. The van der Waals surface area contributed by atoms with E-state index in [1.165, 1.54) is 12.1 Å². The molecule has 2 nitrogen and oxygen atoms in total. The third-order valence-electron chi connectivity index (χ3n) is 3.58. The molecule has 0 aliphatic carbocycles. The van der Waals surface area contributed by atoms with Gasteiger partial charge in [-0.3, -0.25) is 0 Å². The predicted molar refractivity (Wildman–Crippen MR) is 71.1 cm³/mol. The SMILES string of the molecule is OC(c1ccc(C(F)(F)F)cc1)c1ccc2c(c1)CCO2. The average Bonchev–Trinajstić information content (AvgIpc) is 2.93. The van der Waals surface area contributed by atoms with Gasteiger partial charge in [0.25, 0.3) is 0 Å². The molecule has 5 heteroatoms. The molecular formula is C16H13F3O2. The number of benzene rings is 2. The van der Waals surface area contributed by atoms with Gasteiger partial charge in [0.1, 0.15) is 11.9 Å². The number of hydrogen-bond donors (Lipinski definition) is 1. The van der Waals surface area contributed by atoms with Gasteiger partial charge in [-0.2, -0.15) is 13.2 Å². The van der Waals surface area contributed by atoms with Crippen molar-refractivity contribution >= 4 is 0 Å². The van der Waals surface area contributed by atoms with E-state index in [2.05, 4.69) is 0 Å². The number of rotatable bonds is 2. The van der Waals surface area contributed by atoms with Crippen molar-refractivity contribution in [3.8, 4) is 5.75 Å².